The molecule has 22 heavy (non-hydrogen) atoms. The number of carbonyl (C=O) groups excluding carboxylic acids is 2. The van der Waals surface area contributed by atoms with Crippen LogP contribution in [0.1, 0.15) is 40.0 Å². The minimum absolute atomic E-state index is 0.0579. The molecule has 0 saturated carbocycles. The predicted octanol–water partition coefficient (Wildman–Crippen LogP) is 2.87. The largest absolute Gasteiger partial charge is 0.469 e. The average Bonchev–Trinajstić information content (AvgIpc) is 2.46. The van der Waals surface area contributed by atoms with Crippen molar-refractivity contribution in [2.75, 3.05) is 26.9 Å². The van der Waals surface area contributed by atoms with Crippen molar-refractivity contribution in [3.63, 3.8) is 0 Å². The topological polar surface area (TPSA) is 73.9 Å². The molecule has 0 aliphatic rings. The average molecular weight is 371 g/mol. The summed E-state index contributed by atoms with van der Waals surface area (Å²) in [5, 5.41) is 2.14. The van der Waals surface area contributed by atoms with Crippen molar-refractivity contribution in [1.82, 2.24) is 5.32 Å². The van der Waals surface area contributed by atoms with E-state index >= 15 is 0 Å². The molecule has 0 heterocycles. The van der Waals surface area contributed by atoms with Gasteiger partial charge in [-0.05, 0) is 32.1 Å². The van der Waals surface area contributed by atoms with Gasteiger partial charge in [0.15, 0.2) is 0 Å². The minimum atomic E-state index is -2.65. The molecule has 0 aromatic carbocycles. The molecule has 1 unspecified atom stereocenters. The summed E-state index contributed by atoms with van der Waals surface area (Å²) in [5.74, 6) is -0.699. The summed E-state index contributed by atoms with van der Waals surface area (Å²) in [7, 11) is 1.29. The van der Waals surface area contributed by atoms with Crippen molar-refractivity contribution in [3.05, 3.63) is 0 Å². The summed E-state index contributed by atoms with van der Waals surface area (Å²) in [6.07, 6.45) is 1.80. The highest BCUT2D eigenvalue weighted by atomic mass is 32.9. The Morgan fingerprint density at radius 2 is 1.82 bits per heavy atom. The lowest BCUT2D eigenvalue weighted by Crippen LogP contribution is -2.35. The van der Waals surface area contributed by atoms with Crippen molar-refractivity contribution < 1.29 is 23.4 Å². The van der Waals surface area contributed by atoms with Gasteiger partial charge in [0.2, 0.25) is 11.6 Å². The van der Waals surface area contributed by atoms with Crippen molar-refractivity contribution in [3.8, 4) is 0 Å². The first kappa shape index (κ1) is 21.9. The van der Waals surface area contributed by atoms with E-state index in [-0.39, 0.29) is 12.3 Å². The summed E-state index contributed by atoms with van der Waals surface area (Å²) < 4.78 is 15.7. The minimum Gasteiger partial charge on any atom is -0.469 e. The third kappa shape index (κ3) is 9.10. The van der Waals surface area contributed by atoms with E-state index in [1.54, 1.807) is 0 Å². The van der Waals surface area contributed by atoms with Crippen molar-refractivity contribution >= 4 is 40.8 Å². The van der Waals surface area contributed by atoms with Crippen LogP contribution in [0.5, 0.6) is 0 Å². The van der Waals surface area contributed by atoms with Crippen molar-refractivity contribution in [2.24, 2.45) is 0 Å². The molecule has 6 nitrogen and oxygen atoms in total. The zero-order chi connectivity index (χ0) is 17.0. The van der Waals surface area contributed by atoms with E-state index < -0.39 is 16.9 Å². The second-order valence-corrected chi connectivity index (χ2v) is 10.7. The molecule has 0 bridgehead atoms. The lowest BCUT2D eigenvalue weighted by atomic mass is 10.2. The lowest BCUT2D eigenvalue weighted by molar-refractivity contribution is -0.141. The molecule has 0 aromatic rings. The molecule has 0 spiro atoms. The number of nitrogens with one attached hydrogen (secondary N) is 1. The Bertz CT molecular complexity index is 385. The Balaban J connectivity index is 4.92. The Labute approximate surface area is 141 Å². The first-order valence-corrected chi connectivity index (χ1v) is 11.5. The van der Waals surface area contributed by atoms with Gasteiger partial charge in [0.05, 0.1) is 26.7 Å². The molecule has 1 N–H and O–H groups in total. The van der Waals surface area contributed by atoms with Gasteiger partial charge in [0.25, 0.3) is 0 Å². The molecule has 0 rings (SSSR count). The third-order valence-corrected chi connectivity index (χ3v) is 8.15. The molecule has 1 amide bonds. The number of esters is 1. The van der Waals surface area contributed by atoms with E-state index in [0.717, 1.165) is 24.2 Å². The molecule has 0 saturated heterocycles. The Kier molecular flexibility index (Phi) is 12.2. The quantitative estimate of drug-likeness (QED) is 0.321. The summed E-state index contributed by atoms with van der Waals surface area (Å²) in [6, 6.07) is 0. The van der Waals surface area contributed by atoms with Gasteiger partial charge >= 0.3 is 5.97 Å². The van der Waals surface area contributed by atoms with Crippen LogP contribution in [0.2, 0.25) is 0 Å². The molecular weight excluding hydrogens is 345 g/mol. The van der Waals surface area contributed by atoms with Crippen LogP contribution < -0.4 is 5.32 Å². The maximum Gasteiger partial charge on any atom is 0.307 e. The van der Waals surface area contributed by atoms with Gasteiger partial charge < -0.3 is 19.1 Å². The number of amides is 1. The predicted molar refractivity (Wildman–Crippen MR) is 93.5 cm³/mol. The summed E-state index contributed by atoms with van der Waals surface area (Å²) in [4.78, 5) is 23.8. The molecule has 1 atom stereocenters. The van der Waals surface area contributed by atoms with Crippen LogP contribution in [-0.4, -0.2) is 44.0 Å². The van der Waals surface area contributed by atoms with Crippen LogP contribution in [-0.2, 0) is 35.2 Å². The maximum atomic E-state index is 12.3. The van der Waals surface area contributed by atoms with Crippen molar-refractivity contribution in [2.45, 2.75) is 45.3 Å². The van der Waals surface area contributed by atoms with E-state index in [1.807, 2.05) is 20.8 Å². The number of unbranched alkanes of at least 4 members (excludes halogenated alkanes) is 1. The van der Waals surface area contributed by atoms with E-state index in [0.29, 0.717) is 19.8 Å². The highest BCUT2D eigenvalue weighted by Crippen LogP contribution is 2.63. The monoisotopic (exact) mass is 371 g/mol. The number of rotatable bonds is 12. The highest BCUT2D eigenvalue weighted by Gasteiger charge is 2.31. The molecule has 0 aliphatic heterocycles. The second kappa shape index (κ2) is 12.3. The molecule has 9 heteroatoms. The van der Waals surface area contributed by atoms with Crippen LogP contribution in [0.4, 0.5) is 0 Å². The molecule has 0 aliphatic carbocycles. The molecular formula is C13H26NO5PS2. The van der Waals surface area contributed by atoms with Crippen molar-refractivity contribution in [1.29, 1.82) is 0 Å². The normalized spacial score (nSPS) is 12.7. The highest BCUT2D eigenvalue weighted by molar-refractivity contribution is 8.68. The number of hydrogen-bond acceptors (Lipinski definition) is 7. The number of methoxy groups -OCH3 is 1. The fourth-order valence-corrected chi connectivity index (χ4v) is 7.03. The Morgan fingerprint density at radius 1 is 1.23 bits per heavy atom. The number of ether oxygens (including phenoxy) is 1. The molecule has 0 aromatic heterocycles. The van der Waals surface area contributed by atoms with Gasteiger partial charge in [0, 0.05) is 6.54 Å². The van der Waals surface area contributed by atoms with E-state index in [1.165, 1.54) is 7.11 Å². The van der Waals surface area contributed by atoms with Gasteiger partial charge in [-0.3, -0.25) is 9.59 Å². The molecule has 0 fully saturated rings. The maximum absolute atomic E-state index is 12.3. The van der Waals surface area contributed by atoms with Gasteiger partial charge in [-0.15, -0.1) is 0 Å². The van der Waals surface area contributed by atoms with Gasteiger partial charge in [-0.25, -0.2) is 0 Å². The first-order chi connectivity index (χ1) is 10.4. The van der Waals surface area contributed by atoms with Gasteiger partial charge in [-0.2, -0.15) is 0 Å². The molecule has 0 radical (unpaired) electrons. The fraction of sp³-hybridized carbons (Fsp3) is 0.846. The smallest absolute Gasteiger partial charge is 0.307 e. The third-order valence-electron chi connectivity index (χ3n) is 2.53. The first-order valence-electron chi connectivity index (χ1n) is 7.34. The Hall–Kier alpha value is -0.140. The van der Waals surface area contributed by atoms with Crippen LogP contribution in [0.3, 0.4) is 0 Å². The van der Waals surface area contributed by atoms with E-state index in [9.17, 15) is 9.59 Å². The SMILES string of the molecule is CCCCNC(=O)C(CC(=O)OC)SP(=S)(OCC)OCC. The number of carbonyl (C=O) groups is 2. The zero-order valence-corrected chi connectivity index (χ0v) is 16.2. The standard InChI is InChI=1S/C13H26NO5PS2/c1-5-8-9-14-13(16)11(10-12(15)17-4)22-20(21,18-6-2)19-7-3/h11H,5-10H2,1-4H3,(H,14,16). The summed E-state index contributed by atoms with van der Waals surface area (Å²) in [6.45, 7) is 7.03. The zero-order valence-electron chi connectivity index (χ0n) is 13.6. The summed E-state index contributed by atoms with van der Waals surface area (Å²) in [5.41, 5.74) is -2.65. The second-order valence-electron chi connectivity index (χ2n) is 4.30. The lowest BCUT2D eigenvalue weighted by Gasteiger charge is -2.24. The van der Waals surface area contributed by atoms with Crippen LogP contribution in [0.25, 0.3) is 0 Å². The van der Waals surface area contributed by atoms with E-state index in [4.69, 9.17) is 20.9 Å². The fourth-order valence-electron chi connectivity index (χ4n) is 1.48. The van der Waals surface area contributed by atoms with Gasteiger partial charge in [-0.1, -0.05) is 24.7 Å². The Morgan fingerprint density at radius 3 is 2.27 bits per heavy atom. The van der Waals surface area contributed by atoms with E-state index in [2.05, 4.69) is 10.1 Å². The van der Waals surface area contributed by atoms with Gasteiger partial charge in [0.1, 0.15) is 5.25 Å². The van der Waals surface area contributed by atoms with Crippen LogP contribution in [0, 0.1) is 0 Å². The van der Waals surface area contributed by atoms with Crippen LogP contribution in [0.15, 0.2) is 0 Å². The van der Waals surface area contributed by atoms with Crippen LogP contribution >= 0.6 is 17.1 Å². The number of hydrogen-bond donors (Lipinski definition) is 1. The summed E-state index contributed by atoms with van der Waals surface area (Å²) >= 11 is 6.54. The molecule has 130 valence electrons.